The predicted octanol–water partition coefficient (Wildman–Crippen LogP) is 0.510. The van der Waals surface area contributed by atoms with Gasteiger partial charge in [-0.1, -0.05) is 19.0 Å². The van der Waals surface area contributed by atoms with Crippen LogP contribution in [0.15, 0.2) is 4.52 Å². The molecule has 0 aromatic carbocycles. The molecule has 0 aliphatic heterocycles. The van der Waals surface area contributed by atoms with E-state index in [1.807, 2.05) is 13.8 Å². The molecule has 0 saturated heterocycles. The van der Waals surface area contributed by atoms with Crippen molar-refractivity contribution in [2.45, 2.75) is 39.8 Å². The fraction of sp³-hybridized carbons (Fsp3) is 0.667. The van der Waals surface area contributed by atoms with E-state index >= 15 is 0 Å². The van der Waals surface area contributed by atoms with Gasteiger partial charge in [0.15, 0.2) is 5.82 Å². The smallest absolute Gasteiger partial charge is 0.326 e. The number of rotatable bonds is 8. The lowest BCUT2D eigenvalue weighted by atomic mass is 10.0. The minimum Gasteiger partial charge on any atom is -0.480 e. The number of aliphatic carboxylic acids is 1. The van der Waals surface area contributed by atoms with Crippen molar-refractivity contribution in [2.24, 2.45) is 5.92 Å². The standard InChI is InChI=1S/C12H19N3O5/c1-7(2)4-9(12(17)18)14-10(16)5-19-6-11-13-8(3)15-20-11/h7,9H,4-6H2,1-3H3,(H,14,16)(H,17,18)/t9-/m1/s1. The first kappa shape index (κ1) is 16.1. The molecule has 1 rings (SSSR count). The molecule has 112 valence electrons. The third-order valence-corrected chi connectivity index (χ3v) is 2.37. The van der Waals surface area contributed by atoms with E-state index in [2.05, 4.69) is 15.5 Å². The molecular formula is C12H19N3O5. The second-order valence-corrected chi connectivity index (χ2v) is 4.82. The summed E-state index contributed by atoms with van der Waals surface area (Å²) in [7, 11) is 0. The van der Waals surface area contributed by atoms with Gasteiger partial charge in [0, 0.05) is 0 Å². The molecule has 0 saturated carbocycles. The van der Waals surface area contributed by atoms with Crippen molar-refractivity contribution >= 4 is 11.9 Å². The van der Waals surface area contributed by atoms with Gasteiger partial charge >= 0.3 is 5.97 Å². The highest BCUT2D eigenvalue weighted by Crippen LogP contribution is 2.05. The molecule has 0 unspecified atom stereocenters. The molecule has 8 nitrogen and oxygen atoms in total. The SMILES string of the molecule is Cc1noc(COCC(=O)N[C@H](CC(C)C)C(=O)O)n1. The number of nitrogens with one attached hydrogen (secondary N) is 1. The van der Waals surface area contributed by atoms with Gasteiger partial charge < -0.3 is 19.7 Å². The number of nitrogens with zero attached hydrogens (tertiary/aromatic N) is 2. The van der Waals surface area contributed by atoms with E-state index in [9.17, 15) is 9.59 Å². The van der Waals surface area contributed by atoms with E-state index in [1.165, 1.54) is 0 Å². The van der Waals surface area contributed by atoms with E-state index < -0.39 is 17.9 Å². The molecule has 0 aliphatic carbocycles. The number of aryl methyl sites for hydroxylation is 1. The van der Waals surface area contributed by atoms with E-state index in [1.54, 1.807) is 6.92 Å². The van der Waals surface area contributed by atoms with Crippen molar-refractivity contribution in [3.63, 3.8) is 0 Å². The Hall–Kier alpha value is -1.96. The van der Waals surface area contributed by atoms with Crippen LogP contribution >= 0.6 is 0 Å². The van der Waals surface area contributed by atoms with Gasteiger partial charge in [0.1, 0.15) is 19.3 Å². The van der Waals surface area contributed by atoms with E-state index in [-0.39, 0.29) is 25.0 Å². The molecule has 0 radical (unpaired) electrons. The number of carboxylic acid groups (broad SMARTS) is 1. The molecule has 0 spiro atoms. The Kier molecular flexibility index (Phi) is 6.10. The topological polar surface area (TPSA) is 115 Å². The molecule has 8 heteroatoms. The third kappa shape index (κ3) is 5.79. The Morgan fingerprint density at radius 1 is 1.45 bits per heavy atom. The van der Waals surface area contributed by atoms with Crippen LogP contribution in [0.4, 0.5) is 0 Å². The molecule has 1 aromatic heterocycles. The number of ether oxygens (including phenoxy) is 1. The van der Waals surface area contributed by atoms with Crippen molar-refractivity contribution < 1.29 is 24.0 Å². The molecule has 2 N–H and O–H groups in total. The van der Waals surface area contributed by atoms with Crippen LogP contribution in [0, 0.1) is 12.8 Å². The monoisotopic (exact) mass is 285 g/mol. The molecule has 1 heterocycles. The molecular weight excluding hydrogens is 266 g/mol. The zero-order chi connectivity index (χ0) is 15.1. The number of carbonyl (C=O) groups excluding carboxylic acids is 1. The molecule has 0 bridgehead atoms. The minimum atomic E-state index is -1.06. The zero-order valence-corrected chi connectivity index (χ0v) is 11.8. The summed E-state index contributed by atoms with van der Waals surface area (Å²) in [5.41, 5.74) is 0. The zero-order valence-electron chi connectivity index (χ0n) is 11.8. The van der Waals surface area contributed by atoms with Gasteiger partial charge in [0.05, 0.1) is 0 Å². The van der Waals surface area contributed by atoms with Crippen LogP contribution in [-0.4, -0.2) is 39.8 Å². The van der Waals surface area contributed by atoms with Crippen molar-refractivity contribution in [1.82, 2.24) is 15.5 Å². The highest BCUT2D eigenvalue weighted by atomic mass is 16.5. The van der Waals surface area contributed by atoms with Crippen LogP contribution in [0.25, 0.3) is 0 Å². The number of hydrogen-bond acceptors (Lipinski definition) is 6. The summed E-state index contributed by atoms with van der Waals surface area (Å²) in [5.74, 6) is -0.629. The number of carbonyl (C=O) groups is 2. The van der Waals surface area contributed by atoms with Crippen molar-refractivity contribution in [1.29, 1.82) is 0 Å². The third-order valence-electron chi connectivity index (χ3n) is 2.37. The maximum Gasteiger partial charge on any atom is 0.326 e. The normalized spacial score (nSPS) is 12.4. The summed E-state index contributed by atoms with van der Waals surface area (Å²) in [4.78, 5) is 26.5. The van der Waals surface area contributed by atoms with Gasteiger partial charge in [-0.2, -0.15) is 4.98 Å². The second-order valence-electron chi connectivity index (χ2n) is 4.82. The second kappa shape index (κ2) is 7.59. The van der Waals surface area contributed by atoms with E-state index in [0.717, 1.165) is 0 Å². The number of aromatic nitrogens is 2. The van der Waals surface area contributed by atoms with Crippen LogP contribution in [0.2, 0.25) is 0 Å². The number of hydrogen-bond donors (Lipinski definition) is 2. The summed E-state index contributed by atoms with van der Waals surface area (Å²) in [6.07, 6.45) is 0.365. The lowest BCUT2D eigenvalue weighted by molar-refractivity contribution is -0.143. The van der Waals surface area contributed by atoms with Crippen molar-refractivity contribution in [3.8, 4) is 0 Å². The van der Waals surface area contributed by atoms with E-state index in [4.69, 9.17) is 14.4 Å². The summed E-state index contributed by atoms with van der Waals surface area (Å²) < 4.78 is 9.89. The van der Waals surface area contributed by atoms with Gasteiger partial charge in [-0.15, -0.1) is 0 Å². The van der Waals surface area contributed by atoms with Crippen molar-refractivity contribution in [2.75, 3.05) is 6.61 Å². The quantitative estimate of drug-likeness (QED) is 0.715. The van der Waals surface area contributed by atoms with Gasteiger partial charge in [0.2, 0.25) is 5.91 Å². The molecule has 1 aromatic rings. The Bertz CT molecular complexity index is 458. The molecule has 0 fully saturated rings. The fourth-order valence-corrected chi connectivity index (χ4v) is 1.56. The number of carboxylic acids is 1. The minimum absolute atomic E-state index is 0.0101. The van der Waals surface area contributed by atoms with Gasteiger partial charge in [-0.25, -0.2) is 4.79 Å². The van der Waals surface area contributed by atoms with Gasteiger partial charge in [0.25, 0.3) is 5.89 Å². The average molecular weight is 285 g/mol. The first-order valence-electron chi connectivity index (χ1n) is 6.27. The summed E-state index contributed by atoms with van der Waals surface area (Å²) in [6, 6.07) is -0.906. The molecule has 1 amide bonds. The summed E-state index contributed by atoms with van der Waals surface area (Å²) >= 11 is 0. The van der Waals surface area contributed by atoms with Crippen LogP contribution in [0.1, 0.15) is 32.0 Å². The Labute approximate surface area is 116 Å². The highest BCUT2D eigenvalue weighted by Gasteiger charge is 2.21. The largest absolute Gasteiger partial charge is 0.480 e. The maximum absolute atomic E-state index is 11.6. The van der Waals surface area contributed by atoms with Crippen molar-refractivity contribution in [3.05, 3.63) is 11.7 Å². The first-order chi connectivity index (χ1) is 9.38. The van der Waals surface area contributed by atoms with Crippen LogP contribution in [-0.2, 0) is 20.9 Å². The lowest BCUT2D eigenvalue weighted by Crippen LogP contribution is -2.43. The van der Waals surface area contributed by atoms with E-state index in [0.29, 0.717) is 12.2 Å². The summed E-state index contributed by atoms with van der Waals surface area (Å²) in [6.45, 7) is 5.19. The lowest BCUT2D eigenvalue weighted by Gasteiger charge is -2.16. The van der Waals surface area contributed by atoms with Crippen LogP contribution < -0.4 is 5.32 Å². The first-order valence-corrected chi connectivity index (χ1v) is 6.27. The van der Waals surface area contributed by atoms with Crippen LogP contribution in [0.3, 0.4) is 0 Å². The maximum atomic E-state index is 11.6. The Morgan fingerprint density at radius 2 is 2.15 bits per heavy atom. The Morgan fingerprint density at radius 3 is 2.65 bits per heavy atom. The Balaban J connectivity index is 2.32. The summed E-state index contributed by atoms with van der Waals surface area (Å²) in [5, 5.41) is 15.0. The van der Waals surface area contributed by atoms with Gasteiger partial charge in [-0.05, 0) is 19.3 Å². The molecule has 1 atom stereocenters. The van der Waals surface area contributed by atoms with Crippen LogP contribution in [0.5, 0.6) is 0 Å². The average Bonchev–Trinajstić information content (AvgIpc) is 2.73. The number of amides is 1. The highest BCUT2D eigenvalue weighted by molar-refractivity contribution is 5.84. The molecule has 0 aliphatic rings. The van der Waals surface area contributed by atoms with Gasteiger partial charge in [-0.3, -0.25) is 4.79 Å². The predicted molar refractivity (Wildman–Crippen MR) is 67.7 cm³/mol. The molecule has 20 heavy (non-hydrogen) atoms. The fourth-order valence-electron chi connectivity index (χ4n) is 1.56.